The molecule has 3 heteroatoms. The van der Waals surface area contributed by atoms with Crippen LogP contribution in [0.15, 0.2) is 30.6 Å². The molecular weight excluding hydrogens is 222 g/mol. The van der Waals surface area contributed by atoms with Crippen LogP contribution in [-0.4, -0.2) is 16.5 Å². The van der Waals surface area contributed by atoms with Gasteiger partial charge in [0, 0.05) is 12.4 Å². The van der Waals surface area contributed by atoms with E-state index in [4.69, 9.17) is 0 Å². The number of imidazole rings is 1. The first-order chi connectivity index (χ1) is 8.72. The average molecular weight is 243 g/mol. The summed E-state index contributed by atoms with van der Waals surface area (Å²) in [5.41, 5.74) is 3.88. The summed E-state index contributed by atoms with van der Waals surface area (Å²) >= 11 is 0. The fourth-order valence-electron chi connectivity index (χ4n) is 2.15. The van der Waals surface area contributed by atoms with Crippen LogP contribution in [0.4, 0.5) is 0 Å². The molecule has 1 aromatic heterocycles. The van der Waals surface area contributed by atoms with Gasteiger partial charge >= 0.3 is 0 Å². The van der Waals surface area contributed by atoms with Gasteiger partial charge in [-0.05, 0) is 37.9 Å². The molecule has 0 fully saturated rings. The number of aromatic amines is 1. The molecule has 1 unspecified atom stereocenters. The Morgan fingerprint density at radius 1 is 1.33 bits per heavy atom. The summed E-state index contributed by atoms with van der Waals surface area (Å²) in [5.74, 6) is 0.983. The van der Waals surface area contributed by atoms with Crippen molar-refractivity contribution in [2.45, 2.75) is 33.2 Å². The summed E-state index contributed by atoms with van der Waals surface area (Å²) < 4.78 is 0. The van der Waals surface area contributed by atoms with Crippen molar-refractivity contribution in [3.05, 3.63) is 53.1 Å². The van der Waals surface area contributed by atoms with E-state index in [1.54, 1.807) is 6.20 Å². The monoisotopic (exact) mass is 243 g/mol. The first-order valence-electron chi connectivity index (χ1n) is 6.52. The Hall–Kier alpha value is -1.61. The number of hydrogen-bond donors (Lipinski definition) is 2. The van der Waals surface area contributed by atoms with Gasteiger partial charge < -0.3 is 10.3 Å². The fourth-order valence-corrected chi connectivity index (χ4v) is 2.15. The van der Waals surface area contributed by atoms with Crippen LogP contribution in [0.1, 0.15) is 41.9 Å². The van der Waals surface area contributed by atoms with Gasteiger partial charge in [-0.25, -0.2) is 4.98 Å². The molecule has 0 saturated heterocycles. The Morgan fingerprint density at radius 3 is 2.83 bits per heavy atom. The molecule has 0 aliphatic heterocycles. The van der Waals surface area contributed by atoms with Crippen molar-refractivity contribution >= 4 is 0 Å². The lowest BCUT2D eigenvalue weighted by Crippen LogP contribution is -2.25. The molecule has 0 radical (unpaired) electrons. The maximum absolute atomic E-state index is 4.40. The predicted octanol–water partition coefficient (Wildman–Crippen LogP) is 3.12. The van der Waals surface area contributed by atoms with Gasteiger partial charge in [-0.15, -0.1) is 0 Å². The highest BCUT2D eigenvalue weighted by molar-refractivity contribution is 5.36. The van der Waals surface area contributed by atoms with Crippen molar-refractivity contribution in [3.63, 3.8) is 0 Å². The van der Waals surface area contributed by atoms with E-state index < -0.39 is 0 Å². The van der Waals surface area contributed by atoms with Crippen LogP contribution in [0.5, 0.6) is 0 Å². The SMILES string of the molecule is CCCNC(c1ncc[nH]1)c1cc(C)ccc1C. The van der Waals surface area contributed by atoms with E-state index in [2.05, 4.69) is 54.3 Å². The van der Waals surface area contributed by atoms with E-state index >= 15 is 0 Å². The molecule has 1 heterocycles. The maximum Gasteiger partial charge on any atom is 0.127 e. The smallest absolute Gasteiger partial charge is 0.127 e. The summed E-state index contributed by atoms with van der Waals surface area (Å²) in [5, 5.41) is 3.56. The summed E-state index contributed by atoms with van der Waals surface area (Å²) in [4.78, 5) is 7.62. The molecule has 1 atom stereocenters. The van der Waals surface area contributed by atoms with Gasteiger partial charge in [-0.1, -0.05) is 30.7 Å². The van der Waals surface area contributed by atoms with Crippen LogP contribution < -0.4 is 5.32 Å². The van der Waals surface area contributed by atoms with Crippen molar-refractivity contribution in [1.82, 2.24) is 15.3 Å². The fraction of sp³-hybridized carbons (Fsp3) is 0.400. The minimum Gasteiger partial charge on any atom is -0.347 e. The predicted molar refractivity (Wildman–Crippen MR) is 74.6 cm³/mol. The van der Waals surface area contributed by atoms with E-state index in [1.165, 1.54) is 16.7 Å². The Balaban J connectivity index is 2.36. The van der Waals surface area contributed by atoms with Crippen LogP contribution in [0, 0.1) is 13.8 Å². The van der Waals surface area contributed by atoms with Gasteiger partial charge in [0.15, 0.2) is 0 Å². The Kier molecular flexibility index (Phi) is 4.15. The van der Waals surface area contributed by atoms with Crippen LogP contribution in [-0.2, 0) is 0 Å². The lowest BCUT2D eigenvalue weighted by Gasteiger charge is -2.19. The summed E-state index contributed by atoms with van der Waals surface area (Å²) in [6.45, 7) is 7.44. The number of nitrogens with zero attached hydrogens (tertiary/aromatic N) is 1. The lowest BCUT2D eigenvalue weighted by molar-refractivity contribution is 0.574. The van der Waals surface area contributed by atoms with E-state index in [-0.39, 0.29) is 6.04 Å². The van der Waals surface area contributed by atoms with Gasteiger partial charge in [0.05, 0.1) is 6.04 Å². The molecule has 18 heavy (non-hydrogen) atoms. The third kappa shape index (κ3) is 2.79. The second kappa shape index (κ2) is 5.83. The van der Waals surface area contributed by atoms with E-state index in [1.807, 2.05) is 6.20 Å². The number of aryl methyl sites for hydroxylation is 2. The number of nitrogens with one attached hydrogen (secondary N) is 2. The highest BCUT2D eigenvalue weighted by Gasteiger charge is 2.17. The molecule has 0 amide bonds. The zero-order valence-corrected chi connectivity index (χ0v) is 11.3. The van der Waals surface area contributed by atoms with Gasteiger partial charge in [0.25, 0.3) is 0 Å². The van der Waals surface area contributed by atoms with E-state index in [0.717, 1.165) is 18.8 Å². The number of benzene rings is 1. The Morgan fingerprint density at radius 2 is 2.17 bits per heavy atom. The van der Waals surface area contributed by atoms with E-state index in [0.29, 0.717) is 0 Å². The minimum absolute atomic E-state index is 0.153. The molecule has 0 saturated carbocycles. The molecule has 0 aliphatic rings. The summed E-state index contributed by atoms with van der Waals surface area (Å²) in [6.07, 6.45) is 4.80. The quantitative estimate of drug-likeness (QED) is 0.847. The first-order valence-corrected chi connectivity index (χ1v) is 6.52. The number of H-pyrrole nitrogens is 1. The second-order valence-electron chi connectivity index (χ2n) is 4.72. The topological polar surface area (TPSA) is 40.7 Å². The molecule has 0 aliphatic carbocycles. The van der Waals surface area contributed by atoms with Crippen LogP contribution >= 0.6 is 0 Å². The Bertz CT molecular complexity index is 488. The highest BCUT2D eigenvalue weighted by atomic mass is 15.0. The average Bonchev–Trinajstić information content (AvgIpc) is 2.88. The van der Waals surface area contributed by atoms with Gasteiger partial charge in [-0.2, -0.15) is 0 Å². The van der Waals surface area contributed by atoms with Crippen LogP contribution in [0.25, 0.3) is 0 Å². The third-order valence-electron chi connectivity index (χ3n) is 3.14. The second-order valence-corrected chi connectivity index (χ2v) is 4.72. The molecule has 0 spiro atoms. The number of aromatic nitrogens is 2. The van der Waals surface area contributed by atoms with Crippen molar-refractivity contribution in [2.75, 3.05) is 6.54 Å². The zero-order valence-electron chi connectivity index (χ0n) is 11.3. The van der Waals surface area contributed by atoms with Gasteiger partial charge in [-0.3, -0.25) is 0 Å². The van der Waals surface area contributed by atoms with Gasteiger partial charge in [0.1, 0.15) is 5.82 Å². The minimum atomic E-state index is 0.153. The first kappa shape index (κ1) is 12.8. The van der Waals surface area contributed by atoms with Crippen molar-refractivity contribution in [2.24, 2.45) is 0 Å². The normalized spacial score (nSPS) is 12.6. The number of rotatable bonds is 5. The van der Waals surface area contributed by atoms with Crippen molar-refractivity contribution < 1.29 is 0 Å². The Labute approximate surface area is 109 Å². The highest BCUT2D eigenvalue weighted by Crippen LogP contribution is 2.23. The molecule has 0 bridgehead atoms. The van der Waals surface area contributed by atoms with Crippen molar-refractivity contribution in [3.8, 4) is 0 Å². The maximum atomic E-state index is 4.40. The molecule has 3 nitrogen and oxygen atoms in total. The summed E-state index contributed by atoms with van der Waals surface area (Å²) in [7, 11) is 0. The largest absolute Gasteiger partial charge is 0.347 e. The van der Waals surface area contributed by atoms with Crippen LogP contribution in [0.3, 0.4) is 0 Å². The molecule has 96 valence electrons. The standard InChI is InChI=1S/C15H21N3/c1-4-7-16-14(15-17-8-9-18-15)13-10-11(2)5-6-12(13)3/h5-6,8-10,14,16H,4,7H2,1-3H3,(H,17,18). The molecular formula is C15H21N3. The molecule has 2 N–H and O–H groups in total. The molecule has 2 rings (SSSR count). The molecule has 1 aromatic carbocycles. The summed E-state index contributed by atoms with van der Waals surface area (Å²) in [6, 6.07) is 6.72. The lowest BCUT2D eigenvalue weighted by atomic mass is 9.98. The van der Waals surface area contributed by atoms with E-state index in [9.17, 15) is 0 Å². The van der Waals surface area contributed by atoms with Gasteiger partial charge in [0.2, 0.25) is 0 Å². The van der Waals surface area contributed by atoms with Crippen molar-refractivity contribution in [1.29, 1.82) is 0 Å². The zero-order chi connectivity index (χ0) is 13.0. The third-order valence-corrected chi connectivity index (χ3v) is 3.14. The molecule has 2 aromatic rings. The van der Waals surface area contributed by atoms with Crippen LogP contribution in [0.2, 0.25) is 0 Å². The number of hydrogen-bond acceptors (Lipinski definition) is 2.